The first-order chi connectivity index (χ1) is 3.81. The van der Waals surface area contributed by atoms with Crippen molar-refractivity contribution in [1.29, 1.82) is 0 Å². The molecule has 1 atom stereocenters. The largest absolute Gasteiger partial charge is 0.0654 e. The third kappa shape index (κ3) is 9.35. The molecular formula is C8H18Nd. The molecule has 0 saturated carbocycles. The minimum Gasteiger partial charge on any atom is -0.0654 e. The summed E-state index contributed by atoms with van der Waals surface area (Å²) in [5.74, 6) is 0.954. The van der Waals surface area contributed by atoms with E-state index in [9.17, 15) is 0 Å². The van der Waals surface area contributed by atoms with E-state index >= 15 is 0 Å². The molecule has 1 heteroatoms. The number of hydrogen-bond acceptors (Lipinski definition) is 0. The van der Waals surface area contributed by atoms with Gasteiger partial charge in [-0.1, -0.05) is 46.5 Å². The smallest absolute Gasteiger partial charge is 0 e. The van der Waals surface area contributed by atoms with Crippen molar-refractivity contribution in [3.8, 4) is 0 Å². The van der Waals surface area contributed by atoms with Crippen LogP contribution < -0.4 is 0 Å². The molecule has 0 heterocycles. The van der Waals surface area contributed by atoms with Crippen LogP contribution in [0.4, 0.5) is 0 Å². The molecule has 0 aromatic heterocycles. The molecule has 0 spiro atoms. The normalized spacial score (nSPS) is 12.3. The molecule has 0 aliphatic rings. The molecule has 0 aliphatic carbocycles. The topological polar surface area (TPSA) is 0 Å². The minimum absolute atomic E-state index is 0. The molecular weight excluding hydrogens is 240 g/mol. The van der Waals surface area contributed by atoms with Crippen molar-refractivity contribution in [3.63, 3.8) is 0 Å². The van der Waals surface area contributed by atoms with Crippen molar-refractivity contribution in [2.45, 2.75) is 46.5 Å². The summed E-state index contributed by atoms with van der Waals surface area (Å²) in [6.07, 6.45) is 5.53. The van der Waals surface area contributed by atoms with Gasteiger partial charge in [0.2, 0.25) is 0 Å². The fourth-order valence-electron chi connectivity index (χ4n) is 0.757. The maximum absolute atomic E-state index is 2.33. The van der Waals surface area contributed by atoms with E-state index in [1.165, 1.54) is 25.7 Å². The number of hydrogen-bond donors (Lipinski definition) is 0. The zero-order chi connectivity index (χ0) is 6.41. The molecule has 1 unspecified atom stereocenters. The van der Waals surface area contributed by atoms with Crippen LogP contribution in [0.15, 0.2) is 0 Å². The van der Waals surface area contributed by atoms with Crippen molar-refractivity contribution in [2.75, 3.05) is 0 Å². The Labute approximate surface area is 92.3 Å². The molecule has 0 amide bonds. The third-order valence-electron chi connectivity index (χ3n) is 1.75. The second-order valence-electron chi connectivity index (χ2n) is 2.66. The van der Waals surface area contributed by atoms with E-state index in [1.54, 1.807) is 0 Å². The Morgan fingerprint density at radius 1 is 1.22 bits per heavy atom. The van der Waals surface area contributed by atoms with Gasteiger partial charge in [0.1, 0.15) is 0 Å². The van der Waals surface area contributed by atoms with E-state index in [1.807, 2.05) is 0 Å². The first-order valence-electron chi connectivity index (χ1n) is 3.81. The monoisotopic (exact) mass is 256 g/mol. The van der Waals surface area contributed by atoms with Crippen LogP contribution in [0.3, 0.4) is 0 Å². The predicted molar refractivity (Wildman–Crippen MR) is 39.0 cm³/mol. The van der Waals surface area contributed by atoms with Crippen LogP contribution in [0.5, 0.6) is 0 Å². The standard InChI is InChI=1S/C8H18.Nd/c1-4-6-7-8(3)5-2;/h8H,4-7H2,1-3H3;. The van der Waals surface area contributed by atoms with Gasteiger partial charge in [0.25, 0.3) is 0 Å². The van der Waals surface area contributed by atoms with E-state index in [0.717, 1.165) is 5.92 Å². The average molecular weight is 258 g/mol. The second-order valence-corrected chi connectivity index (χ2v) is 2.66. The minimum atomic E-state index is 0. The third-order valence-corrected chi connectivity index (χ3v) is 1.75. The van der Waals surface area contributed by atoms with Gasteiger partial charge in [0.05, 0.1) is 0 Å². The molecule has 9 heavy (non-hydrogen) atoms. The molecule has 0 N–H and O–H groups in total. The summed E-state index contributed by atoms with van der Waals surface area (Å²) < 4.78 is 0. The summed E-state index contributed by atoms with van der Waals surface area (Å²) in [6.45, 7) is 6.85. The quantitative estimate of drug-likeness (QED) is 0.726. The SMILES string of the molecule is CCCCC(C)CC.[Nd]. The molecule has 0 aromatic rings. The van der Waals surface area contributed by atoms with Crippen molar-refractivity contribution < 1.29 is 40.8 Å². The van der Waals surface area contributed by atoms with E-state index < -0.39 is 0 Å². The molecule has 0 nitrogen and oxygen atoms in total. The van der Waals surface area contributed by atoms with Gasteiger partial charge in [-0.05, 0) is 5.92 Å². The zero-order valence-electron chi connectivity index (χ0n) is 6.91. The fraction of sp³-hybridized carbons (Fsp3) is 1.00. The van der Waals surface area contributed by atoms with Gasteiger partial charge in [-0.15, -0.1) is 0 Å². The Morgan fingerprint density at radius 3 is 2.11 bits per heavy atom. The zero-order valence-corrected chi connectivity index (χ0v) is 10.1. The summed E-state index contributed by atoms with van der Waals surface area (Å²) in [5, 5.41) is 0. The summed E-state index contributed by atoms with van der Waals surface area (Å²) in [7, 11) is 0. The van der Waals surface area contributed by atoms with Crippen LogP contribution in [0.1, 0.15) is 46.5 Å². The van der Waals surface area contributed by atoms with E-state index in [2.05, 4.69) is 20.8 Å². The van der Waals surface area contributed by atoms with Gasteiger partial charge in [-0.3, -0.25) is 0 Å². The Bertz CT molecular complexity index is 43.8. The van der Waals surface area contributed by atoms with Gasteiger partial charge >= 0.3 is 0 Å². The van der Waals surface area contributed by atoms with E-state index in [-0.39, 0.29) is 40.8 Å². The maximum atomic E-state index is 2.33. The number of unbranched alkanes of at least 4 members (excludes halogenated alkanes) is 1. The molecule has 0 bridgehead atoms. The van der Waals surface area contributed by atoms with Crippen molar-refractivity contribution in [2.24, 2.45) is 5.92 Å². The average Bonchev–Trinajstić information content (AvgIpc) is 1.83. The van der Waals surface area contributed by atoms with Gasteiger partial charge in [0.15, 0.2) is 0 Å². The van der Waals surface area contributed by atoms with Crippen molar-refractivity contribution >= 4 is 0 Å². The van der Waals surface area contributed by atoms with Crippen LogP contribution in [0, 0.1) is 46.8 Å². The van der Waals surface area contributed by atoms with Crippen LogP contribution in [0.25, 0.3) is 0 Å². The second kappa shape index (κ2) is 9.35. The van der Waals surface area contributed by atoms with Crippen molar-refractivity contribution in [1.82, 2.24) is 0 Å². The van der Waals surface area contributed by atoms with Crippen LogP contribution in [-0.4, -0.2) is 0 Å². The Kier molecular flexibility index (Phi) is 13.5. The first kappa shape index (κ1) is 13.0. The molecule has 0 saturated heterocycles. The van der Waals surface area contributed by atoms with E-state index in [4.69, 9.17) is 0 Å². The van der Waals surface area contributed by atoms with Crippen LogP contribution in [0.2, 0.25) is 0 Å². The Morgan fingerprint density at radius 2 is 1.78 bits per heavy atom. The maximum Gasteiger partial charge on any atom is 0 e. The first-order valence-corrected chi connectivity index (χ1v) is 3.81. The summed E-state index contributed by atoms with van der Waals surface area (Å²) in [6, 6.07) is 0. The summed E-state index contributed by atoms with van der Waals surface area (Å²) in [4.78, 5) is 0. The fourth-order valence-corrected chi connectivity index (χ4v) is 0.757. The molecule has 0 radical (unpaired) electrons. The molecule has 0 aliphatic heterocycles. The van der Waals surface area contributed by atoms with E-state index in [0.29, 0.717) is 0 Å². The number of rotatable bonds is 4. The van der Waals surface area contributed by atoms with Gasteiger partial charge < -0.3 is 0 Å². The molecule has 0 fully saturated rings. The molecule has 54 valence electrons. The predicted octanol–water partition coefficient (Wildman–Crippen LogP) is 3.22. The summed E-state index contributed by atoms with van der Waals surface area (Å²) >= 11 is 0. The Balaban J connectivity index is 0. The Hall–Kier alpha value is 1.35. The van der Waals surface area contributed by atoms with Crippen LogP contribution in [-0.2, 0) is 0 Å². The van der Waals surface area contributed by atoms with Crippen LogP contribution >= 0.6 is 0 Å². The van der Waals surface area contributed by atoms with Gasteiger partial charge in [0, 0.05) is 40.8 Å². The molecule has 0 rings (SSSR count). The van der Waals surface area contributed by atoms with Gasteiger partial charge in [-0.2, -0.15) is 0 Å². The summed E-state index contributed by atoms with van der Waals surface area (Å²) in [5.41, 5.74) is 0. The molecule has 0 aromatic carbocycles. The van der Waals surface area contributed by atoms with Gasteiger partial charge in [-0.25, -0.2) is 0 Å². The van der Waals surface area contributed by atoms with Crippen molar-refractivity contribution in [3.05, 3.63) is 0 Å².